The van der Waals surface area contributed by atoms with Crippen molar-refractivity contribution in [3.8, 4) is 0 Å². The van der Waals surface area contributed by atoms with Crippen molar-refractivity contribution in [3.63, 3.8) is 0 Å². The third-order valence-corrected chi connectivity index (χ3v) is 2.88. The zero-order valence-electron chi connectivity index (χ0n) is 8.77. The van der Waals surface area contributed by atoms with Gasteiger partial charge in [0, 0.05) is 17.6 Å². The first-order valence-corrected chi connectivity index (χ1v) is 5.09. The van der Waals surface area contributed by atoms with Crippen molar-refractivity contribution in [2.45, 2.75) is 26.2 Å². The van der Waals surface area contributed by atoms with E-state index < -0.39 is 11.6 Å². The van der Waals surface area contributed by atoms with Crippen molar-refractivity contribution in [2.24, 2.45) is 0 Å². The maximum absolute atomic E-state index is 13.4. The summed E-state index contributed by atoms with van der Waals surface area (Å²) in [5, 5.41) is 0.654. The zero-order valence-corrected chi connectivity index (χ0v) is 8.77. The summed E-state index contributed by atoms with van der Waals surface area (Å²) in [6.07, 6.45) is 2.71. The van der Waals surface area contributed by atoms with Crippen LogP contribution in [0.5, 0.6) is 0 Å². The lowest BCUT2D eigenvalue weighted by molar-refractivity contribution is 0.590. The van der Waals surface area contributed by atoms with Gasteiger partial charge in [0.15, 0.2) is 0 Å². The first kappa shape index (κ1) is 10.1. The summed E-state index contributed by atoms with van der Waals surface area (Å²) in [6, 6.07) is 2.29. The molecule has 0 amide bonds. The van der Waals surface area contributed by atoms with E-state index in [0.717, 1.165) is 18.1 Å². The lowest BCUT2D eigenvalue weighted by atomic mass is 9.98. The van der Waals surface area contributed by atoms with Gasteiger partial charge in [-0.1, -0.05) is 13.8 Å². The molecule has 1 atom stereocenters. The Balaban J connectivity index is 2.68. The molecule has 0 aliphatic heterocycles. The van der Waals surface area contributed by atoms with Crippen LogP contribution >= 0.6 is 0 Å². The highest BCUT2D eigenvalue weighted by Crippen LogP contribution is 2.29. The Morgan fingerprint density at radius 2 is 2.07 bits per heavy atom. The minimum Gasteiger partial charge on any atom is -0.359 e. The van der Waals surface area contributed by atoms with Gasteiger partial charge in [-0.25, -0.2) is 8.78 Å². The Kier molecular flexibility index (Phi) is 2.47. The highest BCUT2D eigenvalue weighted by molar-refractivity contribution is 5.84. The fourth-order valence-corrected chi connectivity index (χ4v) is 1.80. The van der Waals surface area contributed by atoms with Gasteiger partial charge in [-0.3, -0.25) is 0 Å². The zero-order chi connectivity index (χ0) is 11.0. The van der Waals surface area contributed by atoms with Crippen molar-refractivity contribution >= 4 is 10.9 Å². The molecule has 1 heterocycles. The molecular weight excluding hydrogens is 196 g/mol. The Labute approximate surface area is 87.1 Å². The quantitative estimate of drug-likeness (QED) is 0.770. The number of nitrogens with one attached hydrogen (secondary N) is 1. The van der Waals surface area contributed by atoms with Crippen LogP contribution in [0.3, 0.4) is 0 Å². The summed E-state index contributed by atoms with van der Waals surface area (Å²) in [5.41, 5.74) is 1.37. The number of halogens is 2. The minimum absolute atomic E-state index is 0.306. The Morgan fingerprint density at radius 3 is 2.73 bits per heavy atom. The predicted molar refractivity (Wildman–Crippen MR) is 56.9 cm³/mol. The standard InChI is InChI=1S/C12H13F2N/c1-3-7(2)10-6-15-12-9(10)4-8(13)5-11(12)14/h4-7,15H,3H2,1-2H3. The summed E-state index contributed by atoms with van der Waals surface area (Å²) >= 11 is 0. The van der Waals surface area contributed by atoms with Crippen LogP contribution in [0.4, 0.5) is 8.78 Å². The van der Waals surface area contributed by atoms with Crippen LogP contribution in [0, 0.1) is 11.6 Å². The van der Waals surface area contributed by atoms with E-state index in [-0.39, 0.29) is 0 Å². The average Bonchev–Trinajstić information content (AvgIpc) is 2.60. The molecule has 1 aromatic heterocycles. The van der Waals surface area contributed by atoms with E-state index in [4.69, 9.17) is 0 Å². The van der Waals surface area contributed by atoms with Gasteiger partial charge >= 0.3 is 0 Å². The van der Waals surface area contributed by atoms with Gasteiger partial charge in [-0.05, 0) is 24.0 Å². The molecule has 0 spiro atoms. The number of hydrogen-bond acceptors (Lipinski definition) is 0. The molecule has 1 nitrogen and oxygen atoms in total. The van der Waals surface area contributed by atoms with Crippen molar-refractivity contribution in [1.29, 1.82) is 0 Å². The molecule has 2 rings (SSSR count). The molecule has 15 heavy (non-hydrogen) atoms. The predicted octanol–water partition coefficient (Wildman–Crippen LogP) is 3.96. The second kappa shape index (κ2) is 3.65. The molecule has 3 heteroatoms. The first-order valence-electron chi connectivity index (χ1n) is 5.09. The minimum atomic E-state index is -0.528. The molecule has 0 aliphatic carbocycles. The normalized spacial score (nSPS) is 13.3. The molecular formula is C12H13F2N. The van der Waals surface area contributed by atoms with Gasteiger partial charge in [0.25, 0.3) is 0 Å². The van der Waals surface area contributed by atoms with Crippen molar-refractivity contribution in [3.05, 3.63) is 35.5 Å². The van der Waals surface area contributed by atoms with E-state index in [0.29, 0.717) is 16.8 Å². The highest BCUT2D eigenvalue weighted by atomic mass is 19.1. The summed E-state index contributed by atoms with van der Waals surface area (Å²) in [7, 11) is 0. The molecule has 0 aliphatic rings. The maximum atomic E-state index is 13.4. The van der Waals surface area contributed by atoms with E-state index in [2.05, 4.69) is 11.9 Å². The van der Waals surface area contributed by atoms with Gasteiger partial charge in [0.1, 0.15) is 11.6 Å². The first-order chi connectivity index (χ1) is 7.13. The third kappa shape index (κ3) is 1.62. The molecule has 1 unspecified atom stereocenters. The Bertz CT molecular complexity index is 488. The van der Waals surface area contributed by atoms with E-state index >= 15 is 0 Å². The topological polar surface area (TPSA) is 15.8 Å². The molecule has 0 fully saturated rings. The molecule has 80 valence electrons. The number of fused-ring (bicyclic) bond motifs is 1. The van der Waals surface area contributed by atoms with Crippen LogP contribution in [0.25, 0.3) is 10.9 Å². The lowest BCUT2D eigenvalue weighted by Gasteiger charge is -2.06. The molecule has 0 radical (unpaired) electrons. The molecule has 2 aromatic rings. The van der Waals surface area contributed by atoms with Crippen LogP contribution < -0.4 is 0 Å². The van der Waals surface area contributed by atoms with Gasteiger partial charge in [0.05, 0.1) is 5.52 Å². The van der Waals surface area contributed by atoms with E-state index in [1.807, 2.05) is 6.92 Å². The second-order valence-electron chi connectivity index (χ2n) is 3.86. The molecule has 0 saturated heterocycles. The molecule has 0 saturated carbocycles. The number of aromatic nitrogens is 1. The number of aromatic amines is 1. The Hall–Kier alpha value is -1.38. The van der Waals surface area contributed by atoms with Crippen LogP contribution in [0.2, 0.25) is 0 Å². The SMILES string of the molecule is CCC(C)c1c[nH]c2c(F)cc(F)cc12. The number of hydrogen-bond donors (Lipinski definition) is 1. The fraction of sp³-hybridized carbons (Fsp3) is 0.333. The van der Waals surface area contributed by atoms with Gasteiger partial charge in [-0.2, -0.15) is 0 Å². The van der Waals surface area contributed by atoms with Crippen LogP contribution in [0.15, 0.2) is 18.3 Å². The second-order valence-corrected chi connectivity index (χ2v) is 3.86. The van der Waals surface area contributed by atoms with Gasteiger partial charge < -0.3 is 4.98 Å². The lowest BCUT2D eigenvalue weighted by Crippen LogP contribution is -1.89. The van der Waals surface area contributed by atoms with E-state index in [9.17, 15) is 8.78 Å². The van der Waals surface area contributed by atoms with Crippen molar-refractivity contribution < 1.29 is 8.78 Å². The summed E-state index contributed by atoms with van der Waals surface area (Å²) in [6.45, 7) is 4.10. The largest absolute Gasteiger partial charge is 0.359 e. The highest BCUT2D eigenvalue weighted by Gasteiger charge is 2.13. The number of rotatable bonds is 2. The summed E-state index contributed by atoms with van der Waals surface area (Å²) in [5.74, 6) is -0.747. The molecule has 1 aromatic carbocycles. The fourth-order valence-electron chi connectivity index (χ4n) is 1.80. The number of benzene rings is 1. The van der Waals surface area contributed by atoms with Gasteiger partial charge in [0.2, 0.25) is 0 Å². The summed E-state index contributed by atoms with van der Waals surface area (Å²) < 4.78 is 26.4. The van der Waals surface area contributed by atoms with Gasteiger partial charge in [-0.15, -0.1) is 0 Å². The van der Waals surface area contributed by atoms with Crippen LogP contribution in [-0.2, 0) is 0 Å². The van der Waals surface area contributed by atoms with Crippen LogP contribution in [-0.4, -0.2) is 4.98 Å². The maximum Gasteiger partial charge on any atom is 0.150 e. The van der Waals surface area contributed by atoms with E-state index in [1.54, 1.807) is 6.20 Å². The summed E-state index contributed by atoms with van der Waals surface area (Å²) in [4.78, 5) is 2.86. The average molecular weight is 209 g/mol. The monoisotopic (exact) mass is 209 g/mol. The third-order valence-electron chi connectivity index (χ3n) is 2.88. The Morgan fingerprint density at radius 1 is 1.33 bits per heavy atom. The van der Waals surface area contributed by atoms with Crippen LogP contribution in [0.1, 0.15) is 31.7 Å². The van der Waals surface area contributed by atoms with Crippen molar-refractivity contribution in [1.82, 2.24) is 4.98 Å². The molecule has 1 N–H and O–H groups in total. The molecule has 0 bridgehead atoms. The smallest absolute Gasteiger partial charge is 0.150 e. The van der Waals surface area contributed by atoms with Crippen molar-refractivity contribution in [2.75, 3.05) is 0 Å². The number of H-pyrrole nitrogens is 1. The van der Waals surface area contributed by atoms with E-state index in [1.165, 1.54) is 6.07 Å².